The van der Waals surface area contributed by atoms with E-state index in [4.69, 9.17) is 5.73 Å². The van der Waals surface area contributed by atoms with Crippen molar-refractivity contribution in [1.29, 1.82) is 0 Å². The Morgan fingerprint density at radius 3 is 2.67 bits per heavy atom. The minimum absolute atomic E-state index is 0.241. The van der Waals surface area contributed by atoms with Gasteiger partial charge >= 0.3 is 0 Å². The zero-order valence-corrected chi connectivity index (χ0v) is 12.7. The summed E-state index contributed by atoms with van der Waals surface area (Å²) in [5.41, 5.74) is 7.17. The Bertz CT molecular complexity index is 339. The van der Waals surface area contributed by atoms with E-state index in [0.29, 0.717) is 6.04 Å². The average Bonchev–Trinajstić information content (AvgIpc) is 2.39. The average molecular weight is 267 g/mol. The van der Waals surface area contributed by atoms with Crippen LogP contribution in [0.2, 0.25) is 0 Å². The van der Waals surface area contributed by atoms with Crippen LogP contribution in [0.3, 0.4) is 0 Å². The normalized spacial score (nSPS) is 14.3. The van der Waals surface area contributed by atoms with Crippen molar-refractivity contribution in [3.8, 4) is 0 Å². The van der Waals surface area contributed by atoms with E-state index >= 15 is 0 Å². The van der Waals surface area contributed by atoms with Crippen LogP contribution in [0.1, 0.15) is 25.8 Å². The maximum atomic E-state index is 5.95. The second-order valence-corrected chi connectivity index (χ2v) is 5.72. The molecule has 2 unspecified atom stereocenters. The van der Waals surface area contributed by atoms with Gasteiger partial charge < -0.3 is 10.6 Å². The summed E-state index contributed by atoms with van der Waals surface area (Å²) in [5.74, 6) is 2.14. The van der Waals surface area contributed by atoms with Crippen molar-refractivity contribution >= 4 is 17.6 Å². The lowest BCUT2D eigenvalue weighted by Crippen LogP contribution is -2.31. The van der Waals surface area contributed by atoms with Crippen LogP contribution in [0, 0.1) is 0 Å². The molecule has 1 rings (SSSR count). The number of rotatable bonds is 7. The van der Waals surface area contributed by atoms with Crippen molar-refractivity contribution in [3.63, 3.8) is 0 Å². The molecule has 0 amide bonds. The minimum atomic E-state index is 0.241. The fraction of sp³-hybridized carbons (Fsp3) is 0.643. The largest absolute Gasteiger partial charge is 0.356 e. The van der Waals surface area contributed by atoms with Crippen molar-refractivity contribution in [2.45, 2.75) is 38.8 Å². The van der Waals surface area contributed by atoms with Crippen molar-refractivity contribution < 1.29 is 0 Å². The Labute approximate surface area is 115 Å². The summed E-state index contributed by atoms with van der Waals surface area (Å²) < 4.78 is 0. The second kappa shape index (κ2) is 7.64. The molecule has 2 N–H and O–H groups in total. The van der Waals surface area contributed by atoms with Crippen LogP contribution in [-0.4, -0.2) is 36.1 Å². The van der Waals surface area contributed by atoms with Crippen LogP contribution in [-0.2, 0) is 6.42 Å². The first-order chi connectivity index (χ1) is 8.58. The molecule has 1 aromatic rings. The molecule has 0 aromatic carbocycles. The maximum absolute atomic E-state index is 5.95. The molecule has 1 heterocycles. The standard InChI is InChI=1S/C14H25N3S/c1-5-13(15)8-12-6-7-14(16-9-12)17(3)11(2)10-18-4/h6-7,9,11,13H,5,8,10,15H2,1-4H3. The van der Waals surface area contributed by atoms with Crippen molar-refractivity contribution in [2.75, 3.05) is 24.0 Å². The van der Waals surface area contributed by atoms with Gasteiger partial charge in [-0.25, -0.2) is 4.98 Å². The molecule has 0 radical (unpaired) electrons. The quantitative estimate of drug-likeness (QED) is 0.824. The van der Waals surface area contributed by atoms with Gasteiger partial charge in [-0.05, 0) is 37.7 Å². The zero-order chi connectivity index (χ0) is 13.5. The summed E-state index contributed by atoms with van der Waals surface area (Å²) in [6.45, 7) is 4.34. The molecule has 102 valence electrons. The first kappa shape index (κ1) is 15.3. The van der Waals surface area contributed by atoms with Gasteiger partial charge in [0.2, 0.25) is 0 Å². The monoisotopic (exact) mass is 267 g/mol. The van der Waals surface area contributed by atoms with Crippen molar-refractivity contribution in [2.24, 2.45) is 5.73 Å². The SMILES string of the molecule is CCC(N)Cc1ccc(N(C)C(C)CSC)nc1. The Morgan fingerprint density at radius 2 is 2.17 bits per heavy atom. The van der Waals surface area contributed by atoms with E-state index in [-0.39, 0.29) is 6.04 Å². The lowest BCUT2D eigenvalue weighted by Gasteiger charge is -2.25. The topological polar surface area (TPSA) is 42.1 Å². The molecule has 0 aliphatic rings. The Kier molecular flexibility index (Phi) is 6.50. The first-order valence-electron chi connectivity index (χ1n) is 6.50. The highest BCUT2D eigenvalue weighted by Gasteiger charge is 2.10. The molecule has 0 bridgehead atoms. The van der Waals surface area contributed by atoms with Gasteiger partial charge in [0.05, 0.1) is 0 Å². The number of thioether (sulfide) groups is 1. The van der Waals surface area contributed by atoms with E-state index in [0.717, 1.165) is 24.4 Å². The Hall–Kier alpha value is -0.740. The zero-order valence-electron chi connectivity index (χ0n) is 11.9. The maximum Gasteiger partial charge on any atom is 0.128 e. The first-order valence-corrected chi connectivity index (χ1v) is 7.90. The molecule has 0 aliphatic carbocycles. The molecule has 18 heavy (non-hydrogen) atoms. The summed E-state index contributed by atoms with van der Waals surface area (Å²) in [7, 11) is 2.10. The summed E-state index contributed by atoms with van der Waals surface area (Å²) in [6.07, 6.45) is 6.00. The van der Waals surface area contributed by atoms with Gasteiger partial charge in [-0.15, -0.1) is 0 Å². The summed E-state index contributed by atoms with van der Waals surface area (Å²) in [5, 5.41) is 0. The van der Waals surface area contributed by atoms with E-state index in [2.05, 4.69) is 49.2 Å². The van der Waals surface area contributed by atoms with E-state index in [1.807, 2.05) is 18.0 Å². The molecule has 1 aromatic heterocycles. The smallest absolute Gasteiger partial charge is 0.128 e. The molecule has 3 nitrogen and oxygen atoms in total. The molecule has 0 fully saturated rings. The van der Waals surface area contributed by atoms with Gasteiger partial charge in [0.1, 0.15) is 5.82 Å². The second-order valence-electron chi connectivity index (χ2n) is 4.81. The molecule has 2 atom stereocenters. The highest BCUT2D eigenvalue weighted by molar-refractivity contribution is 7.98. The van der Waals surface area contributed by atoms with Gasteiger partial charge in [-0.1, -0.05) is 13.0 Å². The van der Waals surface area contributed by atoms with Gasteiger partial charge in [0.15, 0.2) is 0 Å². The number of pyridine rings is 1. The predicted molar refractivity (Wildman–Crippen MR) is 82.5 cm³/mol. The highest BCUT2D eigenvalue weighted by atomic mass is 32.2. The van der Waals surface area contributed by atoms with Gasteiger partial charge in [0, 0.05) is 31.1 Å². The molecule has 4 heteroatoms. The van der Waals surface area contributed by atoms with Crippen molar-refractivity contribution in [3.05, 3.63) is 23.9 Å². The van der Waals surface area contributed by atoms with Crippen LogP contribution >= 0.6 is 11.8 Å². The molecule has 0 aliphatic heterocycles. The van der Waals surface area contributed by atoms with E-state index in [1.54, 1.807) is 0 Å². The van der Waals surface area contributed by atoms with Crippen LogP contribution in [0.4, 0.5) is 5.82 Å². The van der Waals surface area contributed by atoms with E-state index in [9.17, 15) is 0 Å². The van der Waals surface area contributed by atoms with Gasteiger partial charge in [0.25, 0.3) is 0 Å². The summed E-state index contributed by atoms with van der Waals surface area (Å²) in [6, 6.07) is 4.97. The third-order valence-corrected chi connectivity index (χ3v) is 4.08. The van der Waals surface area contributed by atoms with Crippen LogP contribution in [0.25, 0.3) is 0 Å². The molecular weight excluding hydrogens is 242 g/mol. The molecular formula is C14H25N3S. The van der Waals surface area contributed by atoms with Crippen LogP contribution < -0.4 is 10.6 Å². The Balaban J connectivity index is 2.64. The van der Waals surface area contributed by atoms with Gasteiger partial charge in [-0.3, -0.25) is 0 Å². The lowest BCUT2D eigenvalue weighted by atomic mass is 10.1. The van der Waals surface area contributed by atoms with E-state index < -0.39 is 0 Å². The summed E-state index contributed by atoms with van der Waals surface area (Å²) >= 11 is 1.86. The number of hydrogen-bond donors (Lipinski definition) is 1. The minimum Gasteiger partial charge on any atom is -0.356 e. The third-order valence-electron chi connectivity index (χ3n) is 3.26. The molecule has 0 saturated heterocycles. The third kappa shape index (κ3) is 4.50. The molecule has 0 saturated carbocycles. The number of aromatic nitrogens is 1. The van der Waals surface area contributed by atoms with E-state index in [1.165, 1.54) is 5.56 Å². The Morgan fingerprint density at radius 1 is 1.44 bits per heavy atom. The number of nitrogens with two attached hydrogens (primary N) is 1. The van der Waals surface area contributed by atoms with Crippen LogP contribution in [0.5, 0.6) is 0 Å². The van der Waals surface area contributed by atoms with Crippen molar-refractivity contribution in [1.82, 2.24) is 4.98 Å². The highest BCUT2D eigenvalue weighted by Crippen LogP contribution is 2.15. The fourth-order valence-corrected chi connectivity index (χ4v) is 2.48. The number of hydrogen-bond acceptors (Lipinski definition) is 4. The summed E-state index contributed by atoms with van der Waals surface area (Å²) in [4.78, 5) is 6.75. The molecule has 0 spiro atoms. The predicted octanol–water partition coefficient (Wildman–Crippen LogP) is 2.55. The number of anilines is 1. The van der Waals surface area contributed by atoms with Crippen LogP contribution in [0.15, 0.2) is 18.3 Å². The lowest BCUT2D eigenvalue weighted by molar-refractivity contribution is 0.644. The van der Waals surface area contributed by atoms with Gasteiger partial charge in [-0.2, -0.15) is 11.8 Å². The fourth-order valence-electron chi connectivity index (χ4n) is 1.77. The number of nitrogens with zero attached hydrogens (tertiary/aromatic N) is 2.